The van der Waals surface area contributed by atoms with Gasteiger partial charge in [-0.25, -0.2) is 4.79 Å². The molecule has 0 saturated heterocycles. The molecule has 0 atom stereocenters. The number of methoxy groups -OCH3 is 1. The predicted molar refractivity (Wildman–Crippen MR) is 132 cm³/mol. The molecule has 180 valence electrons. The molecular weight excluding hydrogens is 432 g/mol. The van der Waals surface area contributed by atoms with E-state index in [-0.39, 0.29) is 17.0 Å². The number of anilines is 1. The molecule has 1 amide bonds. The number of ether oxygens (including phenoxy) is 3. The summed E-state index contributed by atoms with van der Waals surface area (Å²) in [6, 6.07) is 7.39. The van der Waals surface area contributed by atoms with Crippen LogP contribution in [0.15, 0.2) is 29.3 Å². The summed E-state index contributed by atoms with van der Waals surface area (Å²) < 4.78 is 17.2. The second-order valence-electron chi connectivity index (χ2n) is 10.1. The van der Waals surface area contributed by atoms with Crippen molar-refractivity contribution in [1.29, 1.82) is 0 Å². The van der Waals surface area contributed by atoms with Crippen LogP contribution in [0.3, 0.4) is 0 Å². The van der Waals surface area contributed by atoms with Crippen LogP contribution < -0.4 is 14.8 Å². The highest BCUT2D eigenvalue weighted by atomic mass is 16.5. The van der Waals surface area contributed by atoms with Gasteiger partial charge in [0.25, 0.3) is 0 Å². The number of benzene rings is 2. The minimum atomic E-state index is -0.515. The third kappa shape index (κ3) is 4.39. The molecule has 4 rings (SSSR count). The van der Waals surface area contributed by atoms with E-state index in [4.69, 9.17) is 19.2 Å². The van der Waals surface area contributed by atoms with Gasteiger partial charge in [0, 0.05) is 30.0 Å². The van der Waals surface area contributed by atoms with Crippen molar-refractivity contribution in [1.82, 2.24) is 0 Å². The normalized spacial score (nSPS) is 17.1. The van der Waals surface area contributed by atoms with Gasteiger partial charge in [-0.1, -0.05) is 6.07 Å². The molecule has 2 aromatic rings. The molecule has 2 aromatic carbocycles. The molecular formula is C27H32N2O5. The molecule has 0 spiro atoms. The number of aliphatic imine (C=N–C) groups is 1. The largest absolute Gasteiger partial charge is 0.490 e. The number of carbonyl (C=O) groups excluding carboxylic acids is 2. The maximum atomic E-state index is 12.3. The Morgan fingerprint density at radius 3 is 2.53 bits per heavy atom. The second kappa shape index (κ2) is 8.46. The summed E-state index contributed by atoms with van der Waals surface area (Å²) in [4.78, 5) is 29.3. The Morgan fingerprint density at radius 1 is 1.15 bits per heavy atom. The summed E-state index contributed by atoms with van der Waals surface area (Å²) in [5.74, 6) is 0.746. The Bertz CT molecular complexity index is 1210. The van der Waals surface area contributed by atoms with Crippen LogP contribution in [0.25, 0.3) is 0 Å². The van der Waals surface area contributed by atoms with Crippen molar-refractivity contribution in [2.45, 2.75) is 65.5 Å². The number of carbonyl (C=O) groups is 2. The second-order valence-corrected chi connectivity index (χ2v) is 10.1. The van der Waals surface area contributed by atoms with Crippen LogP contribution in [0, 0.1) is 0 Å². The lowest BCUT2D eigenvalue weighted by atomic mass is 9.80. The first-order valence-corrected chi connectivity index (χ1v) is 11.6. The van der Waals surface area contributed by atoms with E-state index >= 15 is 0 Å². The quantitative estimate of drug-likeness (QED) is 0.648. The van der Waals surface area contributed by atoms with E-state index < -0.39 is 5.97 Å². The molecule has 0 radical (unpaired) electrons. The van der Waals surface area contributed by atoms with Crippen LogP contribution in [0.1, 0.15) is 74.2 Å². The minimum absolute atomic E-state index is 0.272. The SMILES string of the molecule is CCOc1cc2c(c3c1OC(C)(C)C3)C(c1ccc(C(=O)OC)c(NC(C)=O)c1)=NC(C)(C)C2. The van der Waals surface area contributed by atoms with Gasteiger partial charge in [0.1, 0.15) is 5.60 Å². The Hall–Kier alpha value is -3.35. The van der Waals surface area contributed by atoms with Crippen molar-refractivity contribution >= 4 is 23.3 Å². The summed E-state index contributed by atoms with van der Waals surface area (Å²) >= 11 is 0. The van der Waals surface area contributed by atoms with Crippen LogP contribution in [-0.4, -0.2) is 42.4 Å². The van der Waals surface area contributed by atoms with Crippen molar-refractivity contribution in [3.05, 3.63) is 52.1 Å². The van der Waals surface area contributed by atoms with Gasteiger partial charge in [0.2, 0.25) is 5.91 Å². The molecule has 0 aliphatic carbocycles. The third-order valence-corrected chi connectivity index (χ3v) is 5.99. The van der Waals surface area contributed by atoms with Crippen molar-refractivity contribution in [3.63, 3.8) is 0 Å². The fourth-order valence-corrected chi connectivity index (χ4v) is 4.81. The van der Waals surface area contributed by atoms with Crippen molar-refractivity contribution in [3.8, 4) is 11.5 Å². The van der Waals surface area contributed by atoms with E-state index in [2.05, 4.69) is 39.1 Å². The van der Waals surface area contributed by atoms with E-state index in [0.29, 0.717) is 17.9 Å². The number of nitrogens with zero attached hydrogens (tertiary/aromatic N) is 1. The average molecular weight is 465 g/mol. The number of hydrogen-bond acceptors (Lipinski definition) is 6. The van der Waals surface area contributed by atoms with Gasteiger partial charge >= 0.3 is 5.97 Å². The monoisotopic (exact) mass is 464 g/mol. The summed E-state index contributed by atoms with van der Waals surface area (Å²) in [5, 5.41) is 2.76. The number of fused-ring (bicyclic) bond motifs is 3. The summed E-state index contributed by atoms with van der Waals surface area (Å²) in [6.07, 6.45) is 1.49. The van der Waals surface area contributed by atoms with Gasteiger partial charge < -0.3 is 19.5 Å². The highest BCUT2D eigenvalue weighted by Gasteiger charge is 2.40. The molecule has 0 saturated carbocycles. The van der Waals surface area contributed by atoms with Gasteiger partial charge in [-0.15, -0.1) is 0 Å². The smallest absolute Gasteiger partial charge is 0.339 e. The zero-order valence-corrected chi connectivity index (χ0v) is 20.9. The van der Waals surface area contributed by atoms with E-state index in [1.807, 2.05) is 13.0 Å². The average Bonchev–Trinajstić information content (AvgIpc) is 3.06. The zero-order chi connectivity index (χ0) is 24.8. The molecule has 7 heteroatoms. The lowest BCUT2D eigenvalue weighted by Crippen LogP contribution is -2.31. The van der Waals surface area contributed by atoms with Crippen molar-refractivity contribution < 1.29 is 23.8 Å². The van der Waals surface area contributed by atoms with Crippen molar-refractivity contribution in [2.24, 2.45) is 4.99 Å². The molecule has 34 heavy (non-hydrogen) atoms. The van der Waals surface area contributed by atoms with Gasteiger partial charge in [-0.05, 0) is 64.8 Å². The highest BCUT2D eigenvalue weighted by molar-refractivity contribution is 6.17. The van der Waals surface area contributed by atoms with Crippen LogP contribution in [0.5, 0.6) is 11.5 Å². The van der Waals surface area contributed by atoms with Gasteiger partial charge in [-0.2, -0.15) is 0 Å². The Kier molecular flexibility index (Phi) is 5.92. The molecule has 0 unspecified atom stereocenters. The Labute approximate surface area is 200 Å². The first-order valence-electron chi connectivity index (χ1n) is 11.6. The molecule has 2 aliphatic rings. The lowest BCUT2D eigenvalue weighted by molar-refractivity contribution is -0.114. The topological polar surface area (TPSA) is 86.2 Å². The molecule has 0 aromatic heterocycles. The maximum absolute atomic E-state index is 12.3. The van der Waals surface area contributed by atoms with E-state index in [1.165, 1.54) is 14.0 Å². The molecule has 7 nitrogen and oxygen atoms in total. The van der Waals surface area contributed by atoms with E-state index in [1.54, 1.807) is 12.1 Å². The van der Waals surface area contributed by atoms with Crippen LogP contribution in [-0.2, 0) is 22.4 Å². The van der Waals surface area contributed by atoms with Crippen LogP contribution in [0.4, 0.5) is 5.69 Å². The number of nitrogens with one attached hydrogen (secondary N) is 1. The summed E-state index contributed by atoms with van der Waals surface area (Å²) in [6.45, 7) is 12.3. The lowest BCUT2D eigenvalue weighted by Gasteiger charge is -2.31. The van der Waals surface area contributed by atoms with Gasteiger partial charge in [0.05, 0.1) is 36.2 Å². The minimum Gasteiger partial charge on any atom is -0.490 e. The molecule has 1 N–H and O–H groups in total. The predicted octanol–water partition coefficient (Wildman–Crippen LogP) is 4.72. The third-order valence-electron chi connectivity index (χ3n) is 5.99. The molecule has 0 bridgehead atoms. The van der Waals surface area contributed by atoms with Crippen molar-refractivity contribution in [2.75, 3.05) is 19.0 Å². The summed E-state index contributed by atoms with van der Waals surface area (Å²) in [5.41, 5.74) is 4.87. The molecule has 2 aliphatic heterocycles. The standard InChI is InChI=1S/C27H32N2O5/c1-8-33-21-12-17-13-26(3,4)29-23(22(17)19-14-27(5,6)34-24(19)21)16-9-10-18(25(31)32-7)20(11-16)28-15(2)30/h9-12H,8,13-14H2,1-7H3,(H,28,30). The number of rotatable bonds is 5. The van der Waals surface area contributed by atoms with Crippen LogP contribution >= 0.6 is 0 Å². The summed E-state index contributed by atoms with van der Waals surface area (Å²) in [7, 11) is 1.32. The van der Waals surface area contributed by atoms with Crippen LogP contribution in [0.2, 0.25) is 0 Å². The zero-order valence-electron chi connectivity index (χ0n) is 20.9. The first-order chi connectivity index (χ1) is 15.9. The van der Waals surface area contributed by atoms with Gasteiger partial charge in [-0.3, -0.25) is 9.79 Å². The van der Waals surface area contributed by atoms with E-state index in [9.17, 15) is 9.59 Å². The Balaban J connectivity index is 1.94. The fraction of sp³-hybridized carbons (Fsp3) is 0.444. The molecule has 2 heterocycles. The van der Waals surface area contributed by atoms with E-state index in [0.717, 1.165) is 52.3 Å². The first kappa shape index (κ1) is 23.8. The Morgan fingerprint density at radius 2 is 1.88 bits per heavy atom. The van der Waals surface area contributed by atoms with Gasteiger partial charge in [0.15, 0.2) is 11.5 Å². The number of hydrogen-bond donors (Lipinski definition) is 1. The maximum Gasteiger partial charge on any atom is 0.339 e. The fourth-order valence-electron chi connectivity index (χ4n) is 4.81. The number of esters is 1. The molecule has 0 fully saturated rings. The number of amides is 1. The highest BCUT2D eigenvalue weighted by Crippen LogP contribution is 2.48.